The molecule has 0 spiro atoms. The van der Waals surface area contributed by atoms with E-state index in [1.807, 2.05) is 43.0 Å². The minimum Gasteiger partial charge on any atom is -0.349 e. The van der Waals surface area contributed by atoms with E-state index in [1.165, 1.54) is 0 Å². The molecule has 144 valence electrons. The number of nitrogens with zero attached hydrogens (tertiary/aromatic N) is 1. The second-order valence-electron chi connectivity index (χ2n) is 7.84. The minimum absolute atomic E-state index is 0. The van der Waals surface area contributed by atoms with Crippen molar-refractivity contribution in [2.24, 2.45) is 17.6 Å². The van der Waals surface area contributed by atoms with Gasteiger partial charge < -0.3 is 16.0 Å². The second kappa shape index (κ2) is 8.40. The molecule has 2 aliphatic rings. The van der Waals surface area contributed by atoms with Crippen molar-refractivity contribution in [2.75, 3.05) is 19.6 Å². The van der Waals surface area contributed by atoms with Crippen LogP contribution in [0.25, 0.3) is 0 Å². The molecule has 26 heavy (non-hydrogen) atoms. The molecule has 0 radical (unpaired) electrons. The summed E-state index contributed by atoms with van der Waals surface area (Å²) in [5, 5.41) is 3.18. The Morgan fingerprint density at radius 3 is 2.46 bits per heavy atom. The highest BCUT2D eigenvalue weighted by Crippen LogP contribution is 2.39. The molecule has 1 saturated carbocycles. The first-order chi connectivity index (χ1) is 11.9. The van der Waals surface area contributed by atoms with Crippen LogP contribution in [-0.2, 0) is 4.79 Å². The van der Waals surface area contributed by atoms with E-state index >= 15 is 0 Å². The van der Waals surface area contributed by atoms with E-state index in [1.54, 1.807) is 0 Å². The van der Waals surface area contributed by atoms with Gasteiger partial charge in [-0.05, 0) is 57.6 Å². The molecule has 3 N–H and O–H groups in total. The zero-order valence-electron chi connectivity index (χ0n) is 15.7. The summed E-state index contributed by atoms with van der Waals surface area (Å²) in [6.45, 7) is 5.71. The van der Waals surface area contributed by atoms with Crippen LogP contribution in [0, 0.1) is 18.8 Å². The quantitative estimate of drug-likeness (QED) is 0.825. The van der Waals surface area contributed by atoms with Gasteiger partial charge in [0, 0.05) is 25.2 Å². The molecule has 2 fully saturated rings. The van der Waals surface area contributed by atoms with Gasteiger partial charge in [0.25, 0.3) is 5.91 Å². The Morgan fingerprint density at radius 1 is 1.23 bits per heavy atom. The summed E-state index contributed by atoms with van der Waals surface area (Å²) >= 11 is 0. The number of hydrogen-bond donors (Lipinski definition) is 2. The van der Waals surface area contributed by atoms with Crippen molar-refractivity contribution in [1.82, 2.24) is 10.2 Å². The number of likely N-dealkylation sites (tertiary alicyclic amines) is 1. The van der Waals surface area contributed by atoms with Crippen LogP contribution in [0.2, 0.25) is 0 Å². The Labute approximate surface area is 162 Å². The van der Waals surface area contributed by atoms with E-state index < -0.39 is 0 Å². The fourth-order valence-electron chi connectivity index (χ4n) is 3.68. The summed E-state index contributed by atoms with van der Waals surface area (Å²) < 4.78 is 0. The lowest BCUT2D eigenvalue weighted by Crippen LogP contribution is -2.56. The maximum Gasteiger partial charge on any atom is 0.253 e. The van der Waals surface area contributed by atoms with Crippen LogP contribution in [0.3, 0.4) is 0 Å². The van der Waals surface area contributed by atoms with Crippen LogP contribution in [0.5, 0.6) is 0 Å². The number of aryl methyl sites for hydroxylation is 1. The van der Waals surface area contributed by atoms with Crippen molar-refractivity contribution in [3.63, 3.8) is 0 Å². The number of hydrogen-bond acceptors (Lipinski definition) is 3. The summed E-state index contributed by atoms with van der Waals surface area (Å²) in [6, 6.07) is 7.62. The Morgan fingerprint density at radius 2 is 1.88 bits per heavy atom. The number of piperidine rings is 1. The van der Waals surface area contributed by atoms with Crippen LogP contribution in [0.15, 0.2) is 24.3 Å². The minimum atomic E-state index is -0.305. The Balaban J connectivity index is 0.00000243. The molecule has 2 amide bonds. The number of amides is 2. The van der Waals surface area contributed by atoms with Gasteiger partial charge in [-0.1, -0.05) is 17.7 Å². The van der Waals surface area contributed by atoms with E-state index in [0.717, 1.165) is 31.2 Å². The number of carbonyl (C=O) groups is 2. The van der Waals surface area contributed by atoms with Crippen molar-refractivity contribution in [1.29, 1.82) is 0 Å². The number of nitrogens with two attached hydrogens (primary N) is 1. The van der Waals surface area contributed by atoms with Gasteiger partial charge in [0.05, 0.1) is 11.5 Å². The fraction of sp³-hybridized carbons (Fsp3) is 0.600. The largest absolute Gasteiger partial charge is 0.349 e. The summed E-state index contributed by atoms with van der Waals surface area (Å²) in [7, 11) is 0. The molecule has 6 heteroatoms. The van der Waals surface area contributed by atoms with Gasteiger partial charge in [-0.15, -0.1) is 12.4 Å². The molecule has 1 aromatic rings. The average Bonchev–Trinajstić information content (AvgIpc) is 3.47. The Kier molecular flexibility index (Phi) is 6.69. The number of nitrogens with one attached hydrogen (secondary N) is 1. The van der Waals surface area contributed by atoms with Crippen molar-refractivity contribution in [3.8, 4) is 0 Å². The van der Waals surface area contributed by atoms with E-state index in [9.17, 15) is 9.59 Å². The average molecular weight is 380 g/mol. The molecule has 1 aliphatic heterocycles. The SMILES string of the molecule is Cc1ccc(C(=O)N2CCCC(C(=O)NC(C)(CN)C3CC3)C2)cc1.Cl. The van der Waals surface area contributed by atoms with Gasteiger partial charge in [0.1, 0.15) is 0 Å². The zero-order valence-corrected chi connectivity index (χ0v) is 16.5. The van der Waals surface area contributed by atoms with E-state index in [4.69, 9.17) is 5.73 Å². The number of carbonyl (C=O) groups excluding carboxylic acids is 2. The van der Waals surface area contributed by atoms with Gasteiger partial charge in [0.15, 0.2) is 0 Å². The third kappa shape index (κ3) is 4.57. The summed E-state index contributed by atoms with van der Waals surface area (Å²) in [5.41, 5.74) is 7.43. The summed E-state index contributed by atoms with van der Waals surface area (Å²) in [6.07, 6.45) is 3.96. The molecule has 2 unspecified atom stereocenters. The molecule has 1 saturated heterocycles. The van der Waals surface area contributed by atoms with E-state index in [0.29, 0.717) is 31.1 Å². The monoisotopic (exact) mass is 379 g/mol. The lowest BCUT2D eigenvalue weighted by atomic mass is 9.91. The first-order valence-corrected chi connectivity index (χ1v) is 9.31. The molecule has 0 bridgehead atoms. The predicted octanol–water partition coefficient (Wildman–Crippen LogP) is 2.51. The van der Waals surface area contributed by atoms with E-state index in [2.05, 4.69) is 5.32 Å². The number of halogens is 1. The first kappa shape index (κ1) is 20.7. The molecule has 3 rings (SSSR count). The highest BCUT2D eigenvalue weighted by molar-refractivity contribution is 5.94. The molecular formula is C20H30ClN3O2. The summed E-state index contributed by atoms with van der Waals surface area (Å²) in [4.78, 5) is 27.3. The topological polar surface area (TPSA) is 75.4 Å². The van der Waals surface area contributed by atoms with Gasteiger partial charge in [-0.3, -0.25) is 9.59 Å². The van der Waals surface area contributed by atoms with Crippen LogP contribution in [0.1, 0.15) is 48.5 Å². The number of benzene rings is 1. The number of rotatable bonds is 5. The standard InChI is InChI=1S/C20H29N3O2.ClH/c1-14-5-7-15(8-6-14)19(25)23-11-3-4-16(12-23)18(24)22-20(2,13-21)17-9-10-17;/h5-8,16-17H,3-4,9-13,21H2,1-2H3,(H,22,24);1H. The molecule has 5 nitrogen and oxygen atoms in total. The van der Waals surface area contributed by atoms with Crippen molar-refractivity contribution in [3.05, 3.63) is 35.4 Å². The normalized spacial score (nSPS) is 22.1. The van der Waals surface area contributed by atoms with Crippen LogP contribution >= 0.6 is 12.4 Å². The molecule has 2 atom stereocenters. The molecule has 1 aliphatic carbocycles. The van der Waals surface area contributed by atoms with Crippen LogP contribution in [0.4, 0.5) is 0 Å². The third-order valence-electron chi connectivity index (χ3n) is 5.69. The zero-order chi connectivity index (χ0) is 18.0. The maximum atomic E-state index is 12.7. The highest BCUT2D eigenvalue weighted by Gasteiger charge is 2.42. The van der Waals surface area contributed by atoms with E-state index in [-0.39, 0.29) is 35.7 Å². The van der Waals surface area contributed by atoms with Gasteiger partial charge in [-0.25, -0.2) is 0 Å². The predicted molar refractivity (Wildman–Crippen MR) is 105 cm³/mol. The lowest BCUT2D eigenvalue weighted by molar-refractivity contribution is -0.128. The lowest BCUT2D eigenvalue weighted by Gasteiger charge is -2.36. The summed E-state index contributed by atoms with van der Waals surface area (Å²) in [5.74, 6) is 0.408. The molecule has 1 heterocycles. The third-order valence-corrected chi connectivity index (χ3v) is 5.69. The molecular weight excluding hydrogens is 350 g/mol. The van der Waals surface area contributed by atoms with Crippen molar-refractivity contribution < 1.29 is 9.59 Å². The maximum absolute atomic E-state index is 12.7. The van der Waals surface area contributed by atoms with Crippen molar-refractivity contribution >= 4 is 24.2 Å². The van der Waals surface area contributed by atoms with Crippen molar-refractivity contribution in [2.45, 2.75) is 45.1 Å². The molecule has 0 aromatic heterocycles. The van der Waals surface area contributed by atoms with Crippen LogP contribution < -0.4 is 11.1 Å². The first-order valence-electron chi connectivity index (χ1n) is 9.31. The Bertz CT molecular complexity index is 645. The van der Waals surface area contributed by atoms with Gasteiger partial charge >= 0.3 is 0 Å². The highest BCUT2D eigenvalue weighted by atomic mass is 35.5. The smallest absolute Gasteiger partial charge is 0.253 e. The molecule has 1 aromatic carbocycles. The fourth-order valence-corrected chi connectivity index (χ4v) is 3.68. The Hall–Kier alpha value is -1.59. The van der Waals surface area contributed by atoms with Gasteiger partial charge in [-0.2, -0.15) is 0 Å². The second-order valence-corrected chi connectivity index (χ2v) is 7.84. The van der Waals surface area contributed by atoms with Crippen LogP contribution in [-0.4, -0.2) is 41.9 Å². The van der Waals surface area contributed by atoms with Gasteiger partial charge in [0.2, 0.25) is 5.91 Å².